The van der Waals surface area contributed by atoms with Crippen molar-refractivity contribution >= 4 is 38.9 Å². The molecule has 1 aliphatic heterocycles. The minimum Gasteiger partial charge on any atom is -0.466 e. The summed E-state index contributed by atoms with van der Waals surface area (Å²) in [5, 5.41) is 0. The molecular weight excluding hydrogens is 322 g/mol. The Bertz CT molecular complexity index is 584. The molecule has 0 bridgehead atoms. The summed E-state index contributed by atoms with van der Waals surface area (Å²) in [5.74, 6) is -0.703. The first-order valence-corrected chi connectivity index (χ1v) is 9.00. The number of hydrogen-bond acceptors (Lipinski definition) is 5. The van der Waals surface area contributed by atoms with Crippen LogP contribution in [-0.2, 0) is 19.6 Å². The summed E-state index contributed by atoms with van der Waals surface area (Å²) in [6, 6.07) is 3.06. The first-order chi connectivity index (χ1) is 9.45. The van der Waals surface area contributed by atoms with E-state index in [0.717, 1.165) is 11.3 Å². The molecule has 1 atom stereocenters. The van der Waals surface area contributed by atoms with Crippen molar-refractivity contribution in [3.8, 4) is 0 Å². The first kappa shape index (κ1) is 15.8. The van der Waals surface area contributed by atoms with Gasteiger partial charge in [-0.3, -0.25) is 4.79 Å². The Morgan fingerprint density at radius 1 is 1.55 bits per heavy atom. The number of ether oxygens (including phenoxy) is 1. The lowest BCUT2D eigenvalue weighted by molar-refractivity contribution is -0.149. The van der Waals surface area contributed by atoms with Crippen LogP contribution in [0, 0.1) is 5.92 Å². The van der Waals surface area contributed by atoms with Crippen molar-refractivity contribution < 1.29 is 17.9 Å². The van der Waals surface area contributed by atoms with E-state index >= 15 is 0 Å². The average Bonchev–Trinajstić information content (AvgIpc) is 2.86. The number of esters is 1. The van der Waals surface area contributed by atoms with Crippen LogP contribution in [0.15, 0.2) is 16.3 Å². The smallest absolute Gasteiger partial charge is 0.310 e. The van der Waals surface area contributed by atoms with Gasteiger partial charge >= 0.3 is 5.97 Å². The van der Waals surface area contributed by atoms with Gasteiger partial charge in [0.2, 0.25) is 0 Å². The van der Waals surface area contributed by atoms with E-state index in [1.165, 1.54) is 10.4 Å². The van der Waals surface area contributed by atoms with Crippen LogP contribution in [0.2, 0.25) is 4.34 Å². The van der Waals surface area contributed by atoms with E-state index in [1.807, 2.05) is 0 Å². The Balaban J connectivity index is 2.14. The number of hydrogen-bond donors (Lipinski definition) is 0. The SMILES string of the molecule is CCOC(=O)[C@@H]1CCCN(S(=O)(=O)c2ccc(Cl)s2)C1. The predicted molar refractivity (Wildman–Crippen MR) is 77.4 cm³/mol. The van der Waals surface area contributed by atoms with E-state index < -0.39 is 10.0 Å². The van der Waals surface area contributed by atoms with Gasteiger partial charge in [-0.2, -0.15) is 4.31 Å². The molecule has 0 aliphatic carbocycles. The zero-order valence-corrected chi connectivity index (χ0v) is 13.4. The highest BCUT2D eigenvalue weighted by molar-refractivity contribution is 7.91. The Labute approximate surface area is 127 Å². The fourth-order valence-corrected chi connectivity index (χ4v) is 5.34. The van der Waals surface area contributed by atoms with Crippen LogP contribution in [0.3, 0.4) is 0 Å². The molecule has 0 N–H and O–H groups in total. The number of piperidine rings is 1. The molecule has 1 aromatic rings. The monoisotopic (exact) mass is 337 g/mol. The molecule has 0 saturated carbocycles. The molecule has 0 aromatic carbocycles. The van der Waals surface area contributed by atoms with Crippen molar-refractivity contribution in [2.24, 2.45) is 5.92 Å². The van der Waals surface area contributed by atoms with Gasteiger partial charge in [0.1, 0.15) is 4.21 Å². The molecule has 8 heteroatoms. The molecule has 0 amide bonds. The second-order valence-corrected chi connectivity index (χ2v) is 8.39. The van der Waals surface area contributed by atoms with Crippen LogP contribution >= 0.6 is 22.9 Å². The number of nitrogens with zero attached hydrogens (tertiary/aromatic N) is 1. The Hall–Kier alpha value is -0.630. The van der Waals surface area contributed by atoms with Crippen molar-refractivity contribution in [1.29, 1.82) is 0 Å². The Morgan fingerprint density at radius 3 is 2.90 bits per heavy atom. The lowest BCUT2D eigenvalue weighted by atomic mass is 10.0. The second kappa shape index (κ2) is 6.43. The van der Waals surface area contributed by atoms with Gasteiger partial charge in [-0.1, -0.05) is 11.6 Å². The number of rotatable bonds is 4. The Morgan fingerprint density at radius 2 is 2.30 bits per heavy atom. The zero-order valence-electron chi connectivity index (χ0n) is 11.0. The van der Waals surface area contributed by atoms with Crippen LogP contribution in [0.4, 0.5) is 0 Å². The quantitative estimate of drug-likeness (QED) is 0.791. The summed E-state index contributed by atoms with van der Waals surface area (Å²) in [6.07, 6.45) is 1.32. The highest BCUT2D eigenvalue weighted by Gasteiger charge is 2.34. The van der Waals surface area contributed by atoms with Gasteiger partial charge in [0.05, 0.1) is 16.9 Å². The number of thiophene rings is 1. The standard InChI is InChI=1S/C12H16ClNO4S2/c1-2-18-12(15)9-4-3-7-14(8-9)20(16,17)11-6-5-10(13)19-11/h5-6,9H,2-4,7-8H2,1H3/t9-/m1/s1. The molecule has 1 fully saturated rings. The topological polar surface area (TPSA) is 63.7 Å². The van der Waals surface area contributed by atoms with Crippen molar-refractivity contribution in [1.82, 2.24) is 4.31 Å². The normalized spacial score (nSPS) is 20.8. The van der Waals surface area contributed by atoms with E-state index in [1.54, 1.807) is 13.0 Å². The van der Waals surface area contributed by atoms with Crippen LogP contribution < -0.4 is 0 Å². The van der Waals surface area contributed by atoms with E-state index in [4.69, 9.17) is 16.3 Å². The summed E-state index contributed by atoms with van der Waals surface area (Å²) in [7, 11) is -3.56. The molecule has 20 heavy (non-hydrogen) atoms. The fourth-order valence-electron chi connectivity index (χ4n) is 2.18. The van der Waals surface area contributed by atoms with Crippen molar-refractivity contribution in [3.05, 3.63) is 16.5 Å². The second-order valence-electron chi connectivity index (χ2n) is 4.51. The molecule has 1 aliphatic rings. The maximum absolute atomic E-state index is 12.5. The summed E-state index contributed by atoms with van der Waals surface area (Å²) in [5.41, 5.74) is 0. The molecule has 5 nitrogen and oxygen atoms in total. The molecule has 112 valence electrons. The molecule has 1 aromatic heterocycles. The number of sulfonamides is 1. The largest absolute Gasteiger partial charge is 0.466 e. The highest BCUT2D eigenvalue weighted by atomic mass is 35.5. The van der Waals surface area contributed by atoms with Gasteiger partial charge in [0.15, 0.2) is 0 Å². The molecular formula is C12H16ClNO4S2. The zero-order chi connectivity index (χ0) is 14.8. The summed E-state index contributed by atoms with van der Waals surface area (Å²) >= 11 is 6.82. The summed E-state index contributed by atoms with van der Waals surface area (Å²) in [6.45, 7) is 2.65. The van der Waals surface area contributed by atoms with Gasteiger partial charge in [-0.25, -0.2) is 8.42 Å². The van der Waals surface area contributed by atoms with Crippen molar-refractivity contribution in [3.63, 3.8) is 0 Å². The molecule has 0 spiro atoms. The van der Waals surface area contributed by atoms with Gasteiger partial charge in [0, 0.05) is 13.1 Å². The van der Waals surface area contributed by atoms with Gasteiger partial charge < -0.3 is 4.74 Å². The van der Waals surface area contributed by atoms with Crippen molar-refractivity contribution in [2.75, 3.05) is 19.7 Å². The van der Waals surface area contributed by atoms with Gasteiger partial charge in [-0.05, 0) is 31.9 Å². The minimum absolute atomic E-state index is 0.177. The van der Waals surface area contributed by atoms with E-state index in [2.05, 4.69) is 0 Å². The Kier molecular flexibility index (Phi) is 5.06. The lowest BCUT2D eigenvalue weighted by Gasteiger charge is -2.30. The maximum Gasteiger partial charge on any atom is 0.310 e. The maximum atomic E-state index is 12.5. The first-order valence-electron chi connectivity index (χ1n) is 6.37. The van der Waals surface area contributed by atoms with Crippen molar-refractivity contribution in [2.45, 2.75) is 24.0 Å². The van der Waals surface area contributed by atoms with E-state index in [-0.39, 0.29) is 22.6 Å². The fraction of sp³-hybridized carbons (Fsp3) is 0.583. The predicted octanol–water partition coefficient (Wildman–Crippen LogP) is 2.37. The molecule has 0 radical (unpaired) electrons. The minimum atomic E-state index is -3.56. The molecule has 0 unspecified atom stereocenters. The average molecular weight is 338 g/mol. The third kappa shape index (κ3) is 3.33. The summed E-state index contributed by atoms with van der Waals surface area (Å²) in [4.78, 5) is 11.7. The number of carbonyl (C=O) groups excluding carboxylic acids is 1. The van der Waals surface area contributed by atoms with Gasteiger partial charge in [0.25, 0.3) is 10.0 Å². The molecule has 2 rings (SSSR count). The van der Waals surface area contributed by atoms with Crippen LogP contribution in [-0.4, -0.2) is 38.4 Å². The molecule has 2 heterocycles. The van der Waals surface area contributed by atoms with E-state index in [9.17, 15) is 13.2 Å². The third-order valence-electron chi connectivity index (χ3n) is 3.15. The lowest BCUT2D eigenvalue weighted by Crippen LogP contribution is -2.42. The van der Waals surface area contributed by atoms with E-state index in [0.29, 0.717) is 30.3 Å². The third-order valence-corrected chi connectivity index (χ3v) is 6.71. The van der Waals surface area contributed by atoms with Crippen LogP contribution in [0.5, 0.6) is 0 Å². The highest BCUT2D eigenvalue weighted by Crippen LogP contribution is 2.30. The van der Waals surface area contributed by atoms with Crippen LogP contribution in [0.1, 0.15) is 19.8 Å². The summed E-state index contributed by atoms with van der Waals surface area (Å²) < 4.78 is 31.9. The van der Waals surface area contributed by atoms with Crippen LogP contribution in [0.25, 0.3) is 0 Å². The number of halogens is 1. The molecule has 1 saturated heterocycles. The number of carbonyl (C=O) groups is 1. The van der Waals surface area contributed by atoms with Gasteiger partial charge in [-0.15, -0.1) is 11.3 Å².